The van der Waals surface area contributed by atoms with Crippen LogP contribution in [0, 0.1) is 18.8 Å². The first-order valence-electron chi connectivity index (χ1n) is 8.61. The lowest BCUT2D eigenvalue weighted by Crippen LogP contribution is -2.35. The van der Waals surface area contributed by atoms with Crippen molar-refractivity contribution in [2.45, 2.75) is 38.5 Å². The van der Waals surface area contributed by atoms with E-state index >= 15 is 0 Å². The van der Waals surface area contributed by atoms with E-state index in [0.717, 1.165) is 28.9 Å². The molecule has 0 N–H and O–H groups in total. The van der Waals surface area contributed by atoms with Gasteiger partial charge in [-0.2, -0.15) is 4.98 Å². The minimum atomic E-state index is -0.352. The lowest BCUT2D eigenvalue weighted by atomic mass is 9.81. The number of ether oxygens (including phenoxy) is 1. The van der Waals surface area contributed by atoms with Gasteiger partial charge in [-0.25, -0.2) is 9.58 Å². The fourth-order valence-corrected chi connectivity index (χ4v) is 4.33. The maximum Gasteiger partial charge on any atom is 0.258 e. The van der Waals surface area contributed by atoms with Gasteiger partial charge in [0.05, 0.1) is 30.6 Å². The minimum Gasteiger partial charge on any atom is -0.373 e. The summed E-state index contributed by atoms with van der Waals surface area (Å²) in [5, 5.41) is 4.38. The van der Waals surface area contributed by atoms with Gasteiger partial charge >= 0.3 is 0 Å². The number of hydrogen-bond acceptors (Lipinski definition) is 5. The highest BCUT2D eigenvalue weighted by atomic mass is 16.5. The Morgan fingerprint density at radius 3 is 2.48 bits per heavy atom. The van der Waals surface area contributed by atoms with Gasteiger partial charge in [0, 0.05) is 0 Å². The minimum absolute atomic E-state index is 0.120. The molecular weight excluding hydrogens is 320 g/mol. The molecule has 3 aliphatic heterocycles. The molecule has 1 aromatic carbocycles. The number of fused-ring (bicyclic) bond motifs is 5. The summed E-state index contributed by atoms with van der Waals surface area (Å²) in [5.41, 5.74) is 2.29. The molecular formula is C18H18N4O3. The fraction of sp³-hybridized carbons (Fsp3) is 0.444. The maximum atomic E-state index is 12.7. The molecule has 7 nitrogen and oxygen atoms in total. The molecule has 7 heteroatoms. The van der Waals surface area contributed by atoms with Crippen LogP contribution in [0.25, 0.3) is 0 Å². The van der Waals surface area contributed by atoms with E-state index in [0.29, 0.717) is 6.54 Å². The zero-order valence-electron chi connectivity index (χ0n) is 13.8. The van der Waals surface area contributed by atoms with Gasteiger partial charge in [0.1, 0.15) is 6.33 Å². The molecule has 0 unspecified atom stereocenters. The van der Waals surface area contributed by atoms with E-state index < -0.39 is 0 Å². The van der Waals surface area contributed by atoms with Crippen LogP contribution in [0.2, 0.25) is 0 Å². The van der Waals surface area contributed by atoms with E-state index in [4.69, 9.17) is 4.74 Å². The molecule has 1 aromatic heterocycles. The summed E-state index contributed by atoms with van der Waals surface area (Å²) in [6.07, 6.45) is 3.04. The predicted molar refractivity (Wildman–Crippen MR) is 87.7 cm³/mol. The van der Waals surface area contributed by atoms with E-state index in [1.807, 2.05) is 31.2 Å². The number of carbonyl (C=O) groups excluding carboxylic acids is 2. The number of hydrogen-bond donors (Lipinski definition) is 0. The quantitative estimate of drug-likeness (QED) is 0.789. The van der Waals surface area contributed by atoms with Crippen molar-refractivity contribution in [2.75, 3.05) is 4.90 Å². The number of rotatable bonds is 3. The number of nitrogens with zero attached hydrogens (tertiary/aromatic N) is 4. The van der Waals surface area contributed by atoms with Gasteiger partial charge in [0.2, 0.25) is 11.8 Å². The SMILES string of the molecule is Cc1ccccc1Cn1cnc(N2C(=O)[C@@H]3[C@@H](C2=O)[C@H]2CC[C@@H]3O2)n1. The van der Waals surface area contributed by atoms with Crippen LogP contribution in [0.15, 0.2) is 30.6 Å². The molecule has 2 amide bonds. The number of amides is 2. The van der Waals surface area contributed by atoms with Gasteiger partial charge in [-0.1, -0.05) is 24.3 Å². The summed E-state index contributed by atoms with van der Waals surface area (Å²) in [7, 11) is 0. The van der Waals surface area contributed by atoms with Crippen LogP contribution in [0.4, 0.5) is 5.95 Å². The Kier molecular flexibility index (Phi) is 3.09. The number of benzene rings is 1. The third kappa shape index (κ3) is 2.08. The molecule has 3 aliphatic rings. The average Bonchev–Trinajstić information content (AvgIpc) is 3.35. The number of anilines is 1. The first-order valence-corrected chi connectivity index (χ1v) is 8.61. The molecule has 4 heterocycles. The predicted octanol–water partition coefficient (Wildman–Crippen LogP) is 1.30. The lowest BCUT2D eigenvalue weighted by molar-refractivity contribution is -0.124. The largest absolute Gasteiger partial charge is 0.373 e. The summed E-state index contributed by atoms with van der Waals surface area (Å²) in [4.78, 5) is 30.9. The van der Waals surface area contributed by atoms with Crippen LogP contribution in [0.3, 0.4) is 0 Å². The van der Waals surface area contributed by atoms with Crippen molar-refractivity contribution in [3.8, 4) is 0 Å². The molecule has 2 aromatic rings. The van der Waals surface area contributed by atoms with E-state index in [1.54, 1.807) is 11.0 Å². The molecule has 3 fully saturated rings. The van der Waals surface area contributed by atoms with Crippen LogP contribution >= 0.6 is 0 Å². The summed E-state index contributed by atoms with van der Waals surface area (Å²) in [6.45, 7) is 2.59. The van der Waals surface area contributed by atoms with Crippen molar-refractivity contribution >= 4 is 17.8 Å². The summed E-state index contributed by atoms with van der Waals surface area (Å²) in [6, 6.07) is 8.03. The van der Waals surface area contributed by atoms with E-state index in [1.165, 1.54) is 0 Å². The molecule has 25 heavy (non-hydrogen) atoms. The van der Waals surface area contributed by atoms with Crippen LogP contribution in [0.1, 0.15) is 24.0 Å². The molecule has 0 spiro atoms. The first-order chi connectivity index (χ1) is 12.1. The van der Waals surface area contributed by atoms with Crippen molar-refractivity contribution in [2.24, 2.45) is 11.8 Å². The highest BCUT2D eigenvalue weighted by molar-refractivity contribution is 6.21. The Morgan fingerprint density at radius 1 is 1.12 bits per heavy atom. The summed E-state index contributed by atoms with van der Waals surface area (Å²) in [5.74, 6) is -0.951. The normalized spacial score (nSPS) is 30.4. The molecule has 2 bridgehead atoms. The van der Waals surface area contributed by atoms with Gasteiger partial charge in [0.25, 0.3) is 5.95 Å². The highest BCUT2D eigenvalue weighted by Crippen LogP contribution is 2.48. The second kappa shape index (κ2) is 5.23. The molecule has 0 radical (unpaired) electrons. The Morgan fingerprint density at radius 2 is 1.80 bits per heavy atom. The van der Waals surface area contributed by atoms with Crippen molar-refractivity contribution in [1.82, 2.24) is 14.8 Å². The van der Waals surface area contributed by atoms with Crippen LogP contribution in [-0.4, -0.2) is 38.8 Å². The summed E-state index contributed by atoms with van der Waals surface area (Å²) < 4.78 is 7.41. The first kappa shape index (κ1) is 14.8. The second-order valence-corrected chi connectivity index (χ2v) is 7.02. The third-order valence-corrected chi connectivity index (χ3v) is 5.60. The zero-order chi connectivity index (χ0) is 17.1. The fourth-order valence-electron chi connectivity index (χ4n) is 4.33. The molecule has 0 saturated carbocycles. The lowest BCUT2D eigenvalue weighted by Gasteiger charge is -2.14. The zero-order valence-corrected chi connectivity index (χ0v) is 13.8. The van der Waals surface area contributed by atoms with E-state index in [9.17, 15) is 9.59 Å². The van der Waals surface area contributed by atoms with Crippen LogP contribution in [-0.2, 0) is 20.9 Å². The van der Waals surface area contributed by atoms with Crippen molar-refractivity contribution in [1.29, 1.82) is 0 Å². The standard InChI is InChI=1S/C18H18N4O3/c1-10-4-2-3-5-11(10)8-21-9-19-18(20-21)22-16(23)14-12-6-7-13(25-12)15(14)17(22)24/h2-5,9,12-15H,6-8H2,1H3/t12-,13+,14-,15-/m0/s1. The Bertz CT molecular complexity index is 849. The molecule has 0 aliphatic carbocycles. The molecule has 128 valence electrons. The molecule has 5 rings (SSSR count). The Hall–Kier alpha value is -2.54. The van der Waals surface area contributed by atoms with Crippen molar-refractivity contribution in [3.05, 3.63) is 41.7 Å². The summed E-state index contributed by atoms with van der Waals surface area (Å²) >= 11 is 0. The third-order valence-electron chi connectivity index (χ3n) is 5.60. The maximum absolute atomic E-state index is 12.7. The van der Waals surface area contributed by atoms with Crippen LogP contribution in [0.5, 0.6) is 0 Å². The molecule has 3 saturated heterocycles. The van der Waals surface area contributed by atoms with Gasteiger partial charge in [0.15, 0.2) is 0 Å². The Balaban J connectivity index is 1.41. The van der Waals surface area contributed by atoms with Crippen molar-refractivity contribution in [3.63, 3.8) is 0 Å². The van der Waals surface area contributed by atoms with Crippen LogP contribution < -0.4 is 4.90 Å². The van der Waals surface area contributed by atoms with Gasteiger partial charge in [-0.15, -0.1) is 5.10 Å². The number of imide groups is 1. The Labute approximate surface area is 144 Å². The van der Waals surface area contributed by atoms with E-state index in [-0.39, 0.29) is 41.8 Å². The van der Waals surface area contributed by atoms with E-state index in [2.05, 4.69) is 10.1 Å². The average molecular weight is 338 g/mol. The van der Waals surface area contributed by atoms with Gasteiger partial charge in [-0.3, -0.25) is 9.59 Å². The highest BCUT2D eigenvalue weighted by Gasteiger charge is 2.63. The number of carbonyl (C=O) groups is 2. The topological polar surface area (TPSA) is 77.3 Å². The van der Waals surface area contributed by atoms with Crippen molar-refractivity contribution < 1.29 is 14.3 Å². The van der Waals surface area contributed by atoms with Gasteiger partial charge in [-0.05, 0) is 30.9 Å². The number of aryl methyl sites for hydroxylation is 1. The number of aromatic nitrogens is 3. The van der Waals surface area contributed by atoms with Gasteiger partial charge < -0.3 is 4.74 Å². The molecule has 4 atom stereocenters. The smallest absolute Gasteiger partial charge is 0.258 e. The monoisotopic (exact) mass is 338 g/mol. The second-order valence-electron chi connectivity index (χ2n) is 7.02.